The molecule has 0 aliphatic carbocycles. The van der Waals surface area contributed by atoms with Gasteiger partial charge in [0, 0.05) is 26.1 Å². The van der Waals surface area contributed by atoms with Gasteiger partial charge < -0.3 is 15.3 Å². The molecule has 2 N–H and O–H groups in total. The maximum absolute atomic E-state index is 11.9. The molecule has 5 heteroatoms. The quantitative estimate of drug-likeness (QED) is 0.698. The molecule has 0 aromatic heterocycles. The zero-order chi connectivity index (χ0) is 14.1. The standard InChI is InChI=1S/C14H26N2O3/c1-12-7-6-10-16(11-12)14(19)15-9-5-3-2-4-8-13(17)18/h12H,2-11H2,1H3,(H,15,19)(H,17,18). The van der Waals surface area contributed by atoms with E-state index in [1.165, 1.54) is 6.42 Å². The maximum atomic E-state index is 11.9. The molecule has 0 saturated carbocycles. The highest BCUT2D eigenvalue weighted by Gasteiger charge is 2.20. The fourth-order valence-corrected chi connectivity index (χ4v) is 2.44. The lowest BCUT2D eigenvalue weighted by Crippen LogP contribution is -2.45. The van der Waals surface area contributed by atoms with Crippen molar-refractivity contribution in [3.05, 3.63) is 0 Å². The summed E-state index contributed by atoms with van der Waals surface area (Å²) in [5, 5.41) is 11.4. The molecule has 1 heterocycles. The first-order chi connectivity index (χ1) is 9.09. The lowest BCUT2D eigenvalue weighted by molar-refractivity contribution is -0.137. The summed E-state index contributed by atoms with van der Waals surface area (Å²) in [6.07, 6.45) is 6.11. The number of amides is 2. The van der Waals surface area contributed by atoms with Crippen LogP contribution in [0.3, 0.4) is 0 Å². The van der Waals surface area contributed by atoms with Gasteiger partial charge in [-0.3, -0.25) is 4.79 Å². The monoisotopic (exact) mass is 270 g/mol. The third-order valence-corrected chi connectivity index (χ3v) is 3.54. The minimum Gasteiger partial charge on any atom is -0.481 e. The third-order valence-electron chi connectivity index (χ3n) is 3.54. The van der Waals surface area contributed by atoms with Crippen molar-refractivity contribution >= 4 is 12.0 Å². The first-order valence-electron chi connectivity index (χ1n) is 7.34. The molecule has 1 aliphatic rings. The van der Waals surface area contributed by atoms with Crippen LogP contribution in [-0.2, 0) is 4.79 Å². The van der Waals surface area contributed by atoms with E-state index in [-0.39, 0.29) is 12.5 Å². The highest BCUT2D eigenvalue weighted by atomic mass is 16.4. The van der Waals surface area contributed by atoms with E-state index in [0.29, 0.717) is 12.5 Å². The van der Waals surface area contributed by atoms with Crippen LogP contribution in [0.4, 0.5) is 4.79 Å². The van der Waals surface area contributed by atoms with Crippen molar-refractivity contribution in [1.82, 2.24) is 10.2 Å². The van der Waals surface area contributed by atoms with E-state index < -0.39 is 5.97 Å². The van der Waals surface area contributed by atoms with Crippen molar-refractivity contribution in [2.24, 2.45) is 5.92 Å². The lowest BCUT2D eigenvalue weighted by Gasteiger charge is -2.30. The number of nitrogens with one attached hydrogen (secondary N) is 1. The molecule has 19 heavy (non-hydrogen) atoms. The number of aliphatic carboxylic acids is 1. The second kappa shape index (κ2) is 8.77. The highest BCUT2D eigenvalue weighted by Crippen LogP contribution is 2.15. The van der Waals surface area contributed by atoms with Gasteiger partial charge in [-0.05, 0) is 31.6 Å². The minimum absolute atomic E-state index is 0.0529. The second-order valence-corrected chi connectivity index (χ2v) is 5.48. The van der Waals surface area contributed by atoms with Crippen molar-refractivity contribution in [3.63, 3.8) is 0 Å². The van der Waals surface area contributed by atoms with Gasteiger partial charge in [0.15, 0.2) is 0 Å². The number of carboxylic acids is 1. The molecule has 0 radical (unpaired) electrons. The Morgan fingerprint density at radius 3 is 2.68 bits per heavy atom. The molecule has 0 aromatic rings. The molecule has 0 aromatic carbocycles. The number of carboxylic acid groups (broad SMARTS) is 1. The van der Waals surface area contributed by atoms with E-state index in [9.17, 15) is 9.59 Å². The Balaban J connectivity index is 1.99. The van der Waals surface area contributed by atoms with Crippen LogP contribution in [0.5, 0.6) is 0 Å². The topological polar surface area (TPSA) is 69.6 Å². The Labute approximate surface area is 115 Å². The van der Waals surface area contributed by atoms with Gasteiger partial charge in [0.25, 0.3) is 0 Å². The Morgan fingerprint density at radius 1 is 1.26 bits per heavy atom. The molecular weight excluding hydrogens is 244 g/mol. The van der Waals surface area contributed by atoms with Crippen LogP contribution in [0.2, 0.25) is 0 Å². The van der Waals surface area contributed by atoms with Crippen LogP contribution in [0.25, 0.3) is 0 Å². The number of nitrogens with zero attached hydrogens (tertiary/aromatic N) is 1. The number of urea groups is 1. The van der Waals surface area contributed by atoms with Crippen molar-refractivity contribution in [2.75, 3.05) is 19.6 Å². The van der Waals surface area contributed by atoms with Crippen molar-refractivity contribution < 1.29 is 14.7 Å². The van der Waals surface area contributed by atoms with E-state index in [1.807, 2.05) is 4.90 Å². The number of hydrogen-bond donors (Lipinski definition) is 2. The van der Waals surface area contributed by atoms with Gasteiger partial charge in [-0.2, -0.15) is 0 Å². The smallest absolute Gasteiger partial charge is 0.317 e. The van der Waals surface area contributed by atoms with Gasteiger partial charge in [-0.25, -0.2) is 4.79 Å². The van der Waals surface area contributed by atoms with E-state index in [1.54, 1.807) is 0 Å². The molecule has 1 fully saturated rings. The van der Waals surface area contributed by atoms with E-state index >= 15 is 0 Å². The van der Waals surface area contributed by atoms with Crippen LogP contribution < -0.4 is 5.32 Å². The average Bonchev–Trinajstić information content (AvgIpc) is 2.37. The van der Waals surface area contributed by atoms with Crippen molar-refractivity contribution in [1.29, 1.82) is 0 Å². The Kier molecular flexibility index (Phi) is 7.30. The van der Waals surface area contributed by atoms with Crippen LogP contribution in [-0.4, -0.2) is 41.6 Å². The first kappa shape index (κ1) is 15.8. The fraction of sp³-hybridized carbons (Fsp3) is 0.857. The Hall–Kier alpha value is -1.26. The average molecular weight is 270 g/mol. The molecule has 1 saturated heterocycles. The molecule has 1 aliphatic heterocycles. The van der Waals surface area contributed by atoms with E-state index in [2.05, 4.69) is 12.2 Å². The Bertz CT molecular complexity index is 294. The molecular formula is C14H26N2O3. The summed E-state index contributed by atoms with van der Waals surface area (Å²) in [5.74, 6) is -0.122. The van der Waals surface area contributed by atoms with Gasteiger partial charge in [0.1, 0.15) is 0 Å². The predicted octanol–water partition coefficient (Wildman–Crippen LogP) is 2.46. The molecule has 1 atom stereocenters. The molecule has 0 spiro atoms. The maximum Gasteiger partial charge on any atom is 0.317 e. The van der Waals surface area contributed by atoms with Gasteiger partial charge in [-0.1, -0.05) is 19.8 Å². The summed E-state index contributed by atoms with van der Waals surface area (Å²) >= 11 is 0. The number of unbranched alkanes of at least 4 members (excludes halogenated alkanes) is 3. The van der Waals surface area contributed by atoms with Crippen LogP contribution >= 0.6 is 0 Å². The summed E-state index contributed by atoms with van der Waals surface area (Å²) in [6, 6.07) is 0.0529. The first-order valence-corrected chi connectivity index (χ1v) is 7.34. The second-order valence-electron chi connectivity index (χ2n) is 5.48. The molecule has 0 bridgehead atoms. The fourth-order valence-electron chi connectivity index (χ4n) is 2.44. The van der Waals surface area contributed by atoms with Crippen LogP contribution in [0.15, 0.2) is 0 Å². The van der Waals surface area contributed by atoms with Gasteiger partial charge >= 0.3 is 12.0 Å². The summed E-state index contributed by atoms with van der Waals surface area (Å²) in [7, 11) is 0. The van der Waals surface area contributed by atoms with Crippen molar-refractivity contribution in [3.8, 4) is 0 Å². The Morgan fingerprint density at radius 2 is 2.00 bits per heavy atom. The summed E-state index contributed by atoms with van der Waals surface area (Å²) < 4.78 is 0. The van der Waals surface area contributed by atoms with Gasteiger partial charge in [0.05, 0.1) is 0 Å². The number of hydrogen-bond acceptors (Lipinski definition) is 2. The highest BCUT2D eigenvalue weighted by molar-refractivity contribution is 5.74. The number of rotatable bonds is 7. The largest absolute Gasteiger partial charge is 0.481 e. The van der Waals surface area contributed by atoms with Crippen molar-refractivity contribution in [2.45, 2.75) is 51.9 Å². The number of piperidine rings is 1. The predicted molar refractivity (Wildman–Crippen MR) is 74.1 cm³/mol. The van der Waals surface area contributed by atoms with Crippen LogP contribution in [0, 0.1) is 5.92 Å². The summed E-state index contributed by atoms with van der Waals surface area (Å²) in [6.45, 7) is 4.61. The van der Waals surface area contributed by atoms with E-state index in [4.69, 9.17) is 5.11 Å². The molecule has 1 rings (SSSR count). The summed E-state index contributed by atoms with van der Waals surface area (Å²) in [5.41, 5.74) is 0. The van der Waals surface area contributed by atoms with Gasteiger partial charge in [0.2, 0.25) is 0 Å². The molecule has 1 unspecified atom stereocenters. The SMILES string of the molecule is CC1CCCN(C(=O)NCCCCCCC(=O)O)C1. The number of likely N-dealkylation sites (tertiary alicyclic amines) is 1. The number of carbonyl (C=O) groups is 2. The normalized spacial score (nSPS) is 19.2. The zero-order valence-electron chi connectivity index (χ0n) is 11.9. The number of carbonyl (C=O) groups excluding carboxylic acids is 1. The zero-order valence-corrected chi connectivity index (χ0v) is 11.9. The third kappa shape index (κ3) is 7.03. The van der Waals surface area contributed by atoms with Crippen LogP contribution in [0.1, 0.15) is 51.9 Å². The molecule has 5 nitrogen and oxygen atoms in total. The lowest BCUT2D eigenvalue weighted by atomic mass is 10.0. The van der Waals surface area contributed by atoms with E-state index in [0.717, 1.165) is 45.2 Å². The summed E-state index contributed by atoms with van der Waals surface area (Å²) in [4.78, 5) is 24.1. The molecule has 110 valence electrons. The van der Waals surface area contributed by atoms with Gasteiger partial charge in [-0.15, -0.1) is 0 Å². The minimum atomic E-state index is -0.729. The molecule has 2 amide bonds.